The van der Waals surface area contributed by atoms with Crippen LogP contribution in [0, 0.1) is 13.8 Å². The molecule has 0 aliphatic rings. The molecule has 0 aliphatic carbocycles. The predicted molar refractivity (Wildman–Crippen MR) is 99.8 cm³/mol. The van der Waals surface area contributed by atoms with Crippen molar-refractivity contribution in [1.82, 2.24) is 9.97 Å². The van der Waals surface area contributed by atoms with Crippen molar-refractivity contribution in [2.45, 2.75) is 31.8 Å². The third kappa shape index (κ3) is 4.85. The number of methoxy groups -OCH3 is 2. The van der Waals surface area contributed by atoms with Gasteiger partial charge in [0.25, 0.3) is 0 Å². The highest BCUT2D eigenvalue weighted by Crippen LogP contribution is 2.29. The summed E-state index contributed by atoms with van der Waals surface area (Å²) in [5, 5.41) is 3.64. The average molecular weight is 361 g/mol. The van der Waals surface area contributed by atoms with Crippen molar-refractivity contribution in [3.8, 4) is 11.5 Å². The van der Waals surface area contributed by atoms with Gasteiger partial charge < -0.3 is 14.8 Å². The predicted octanol–water partition coefficient (Wildman–Crippen LogP) is 3.40. The molecule has 1 amide bonds. The van der Waals surface area contributed by atoms with E-state index in [-0.39, 0.29) is 5.91 Å². The number of thioether (sulfide) groups is 1. The standard InChI is InChI=1S/C18H23N3O3S/c1-11-14(12(2)20-18(19-11)25-5)7-9-17(22)21-15-8-6-13(23-3)10-16(15)24-4/h6,8,10H,7,9H2,1-5H3,(H,21,22). The second kappa shape index (κ2) is 8.71. The third-order valence-electron chi connectivity index (χ3n) is 3.87. The lowest BCUT2D eigenvalue weighted by Crippen LogP contribution is -2.14. The van der Waals surface area contributed by atoms with Crippen LogP contribution in [-0.2, 0) is 11.2 Å². The number of aromatic nitrogens is 2. The Bertz CT molecular complexity index is 742. The Morgan fingerprint density at radius 3 is 2.40 bits per heavy atom. The van der Waals surface area contributed by atoms with Gasteiger partial charge in [0, 0.05) is 23.9 Å². The largest absolute Gasteiger partial charge is 0.497 e. The van der Waals surface area contributed by atoms with E-state index in [1.165, 1.54) is 11.8 Å². The molecule has 2 aromatic rings. The SMILES string of the molecule is COc1ccc(NC(=O)CCc2c(C)nc(SC)nc2C)c(OC)c1. The van der Waals surface area contributed by atoms with Gasteiger partial charge in [-0.05, 0) is 44.2 Å². The summed E-state index contributed by atoms with van der Waals surface area (Å²) in [4.78, 5) is 21.2. The van der Waals surface area contributed by atoms with Crippen LogP contribution < -0.4 is 14.8 Å². The molecular weight excluding hydrogens is 338 g/mol. The van der Waals surface area contributed by atoms with Crippen molar-refractivity contribution in [1.29, 1.82) is 0 Å². The molecule has 2 rings (SSSR count). The Labute approximate surface area is 152 Å². The molecule has 0 unspecified atom stereocenters. The summed E-state index contributed by atoms with van der Waals surface area (Å²) in [5.41, 5.74) is 3.49. The quantitative estimate of drug-likeness (QED) is 0.602. The Hall–Kier alpha value is -2.28. The molecule has 6 nitrogen and oxygen atoms in total. The molecule has 0 spiro atoms. The number of aryl methyl sites for hydroxylation is 2. The topological polar surface area (TPSA) is 73.3 Å². The van der Waals surface area contributed by atoms with Gasteiger partial charge in [0.15, 0.2) is 5.16 Å². The summed E-state index contributed by atoms with van der Waals surface area (Å²) in [5.74, 6) is 1.15. The molecule has 1 N–H and O–H groups in total. The van der Waals surface area contributed by atoms with Gasteiger partial charge in [-0.2, -0.15) is 0 Å². The van der Waals surface area contributed by atoms with Gasteiger partial charge in [0.2, 0.25) is 5.91 Å². The number of carbonyl (C=O) groups is 1. The molecule has 0 saturated heterocycles. The van der Waals surface area contributed by atoms with Gasteiger partial charge in [0.05, 0.1) is 19.9 Å². The van der Waals surface area contributed by atoms with Crippen LogP contribution in [0.3, 0.4) is 0 Å². The number of benzene rings is 1. The second-order valence-corrected chi connectivity index (χ2v) is 6.25. The summed E-state index contributed by atoms with van der Waals surface area (Å²) < 4.78 is 10.5. The number of ether oxygens (including phenoxy) is 2. The fourth-order valence-electron chi connectivity index (χ4n) is 2.51. The Balaban J connectivity index is 2.04. The number of carbonyl (C=O) groups excluding carboxylic acids is 1. The normalized spacial score (nSPS) is 10.4. The molecule has 0 bridgehead atoms. The van der Waals surface area contributed by atoms with E-state index in [2.05, 4.69) is 15.3 Å². The smallest absolute Gasteiger partial charge is 0.224 e. The van der Waals surface area contributed by atoms with E-state index in [9.17, 15) is 4.79 Å². The van der Waals surface area contributed by atoms with Crippen molar-refractivity contribution in [2.75, 3.05) is 25.8 Å². The van der Waals surface area contributed by atoms with E-state index in [4.69, 9.17) is 9.47 Å². The van der Waals surface area contributed by atoms with E-state index in [1.54, 1.807) is 32.4 Å². The molecule has 0 atom stereocenters. The summed E-state index contributed by atoms with van der Waals surface area (Å²) in [6.07, 6.45) is 2.89. The molecule has 1 aromatic heterocycles. The minimum atomic E-state index is -0.0868. The first-order chi connectivity index (χ1) is 12.0. The lowest BCUT2D eigenvalue weighted by molar-refractivity contribution is -0.116. The van der Waals surface area contributed by atoms with E-state index < -0.39 is 0 Å². The molecule has 25 heavy (non-hydrogen) atoms. The van der Waals surface area contributed by atoms with Gasteiger partial charge in [-0.1, -0.05) is 11.8 Å². The van der Waals surface area contributed by atoms with Crippen molar-refractivity contribution < 1.29 is 14.3 Å². The van der Waals surface area contributed by atoms with Crippen molar-refractivity contribution in [3.63, 3.8) is 0 Å². The van der Waals surface area contributed by atoms with Crippen LogP contribution in [0.2, 0.25) is 0 Å². The first kappa shape index (κ1) is 19.1. The second-order valence-electron chi connectivity index (χ2n) is 5.47. The van der Waals surface area contributed by atoms with Gasteiger partial charge in [-0.15, -0.1) is 0 Å². The summed E-state index contributed by atoms with van der Waals surface area (Å²) >= 11 is 1.51. The molecule has 134 valence electrons. The fraction of sp³-hybridized carbons (Fsp3) is 0.389. The number of nitrogens with zero attached hydrogens (tertiary/aromatic N) is 2. The highest BCUT2D eigenvalue weighted by atomic mass is 32.2. The fourth-order valence-corrected chi connectivity index (χ4v) is 2.97. The van der Waals surface area contributed by atoms with E-state index >= 15 is 0 Å². The molecule has 7 heteroatoms. The maximum atomic E-state index is 12.3. The van der Waals surface area contributed by atoms with Crippen LogP contribution >= 0.6 is 11.8 Å². The van der Waals surface area contributed by atoms with Crippen LogP contribution in [0.15, 0.2) is 23.4 Å². The Kier molecular flexibility index (Phi) is 6.64. The minimum Gasteiger partial charge on any atom is -0.497 e. The Morgan fingerprint density at radius 1 is 1.16 bits per heavy atom. The number of hydrogen-bond donors (Lipinski definition) is 1. The van der Waals surface area contributed by atoms with Crippen LogP contribution in [0.1, 0.15) is 23.4 Å². The van der Waals surface area contributed by atoms with Crippen molar-refractivity contribution in [2.24, 2.45) is 0 Å². The maximum absolute atomic E-state index is 12.3. The van der Waals surface area contributed by atoms with Crippen molar-refractivity contribution in [3.05, 3.63) is 35.2 Å². The van der Waals surface area contributed by atoms with Crippen LogP contribution in [0.5, 0.6) is 11.5 Å². The van der Waals surface area contributed by atoms with Crippen molar-refractivity contribution >= 4 is 23.4 Å². The Morgan fingerprint density at radius 2 is 1.84 bits per heavy atom. The van der Waals surface area contributed by atoms with Gasteiger partial charge in [0.1, 0.15) is 11.5 Å². The molecule has 1 aromatic carbocycles. The lowest BCUT2D eigenvalue weighted by atomic mass is 10.1. The van der Waals surface area contributed by atoms with Crippen LogP contribution in [0.4, 0.5) is 5.69 Å². The number of anilines is 1. The highest BCUT2D eigenvalue weighted by molar-refractivity contribution is 7.98. The molecule has 0 radical (unpaired) electrons. The summed E-state index contributed by atoms with van der Waals surface area (Å²) in [6, 6.07) is 5.28. The zero-order valence-electron chi connectivity index (χ0n) is 15.2. The number of rotatable bonds is 7. The number of nitrogens with one attached hydrogen (secondary N) is 1. The van der Waals surface area contributed by atoms with Crippen LogP contribution in [-0.4, -0.2) is 36.4 Å². The first-order valence-electron chi connectivity index (χ1n) is 7.88. The zero-order chi connectivity index (χ0) is 18.4. The van der Waals surface area contributed by atoms with E-state index in [0.29, 0.717) is 30.0 Å². The third-order valence-corrected chi connectivity index (χ3v) is 4.42. The monoisotopic (exact) mass is 361 g/mol. The van der Waals surface area contributed by atoms with Gasteiger partial charge in [-0.25, -0.2) is 9.97 Å². The summed E-state index contributed by atoms with van der Waals surface area (Å²) in [6.45, 7) is 3.91. The molecule has 0 aliphatic heterocycles. The first-order valence-corrected chi connectivity index (χ1v) is 9.11. The molecule has 0 saturated carbocycles. The molecule has 1 heterocycles. The van der Waals surface area contributed by atoms with Gasteiger partial charge in [-0.3, -0.25) is 4.79 Å². The van der Waals surface area contributed by atoms with E-state index in [0.717, 1.165) is 22.1 Å². The maximum Gasteiger partial charge on any atom is 0.224 e. The lowest BCUT2D eigenvalue weighted by Gasteiger charge is -2.13. The number of amides is 1. The molecular formula is C18H23N3O3S. The average Bonchev–Trinajstić information content (AvgIpc) is 2.61. The highest BCUT2D eigenvalue weighted by Gasteiger charge is 2.12. The summed E-state index contributed by atoms with van der Waals surface area (Å²) in [7, 11) is 3.14. The van der Waals surface area contributed by atoms with E-state index in [1.807, 2.05) is 20.1 Å². The minimum absolute atomic E-state index is 0.0868. The van der Waals surface area contributed by atoms with Crippen LogP contribution in [0.25, 0.3) is 0 Å². The molecule has 0 fully saturated rings. The number of hydrogen-bond acceptors (Lipinski definition) is 6. The zero-order valence-corrected chi connectivity index (χ0v) is 16.0. The van der Waals surface area contributed by atoms with Gasteiger partial charge >= 0.3 is 0 Å².